The van der Waals surface area contributed by atoms with Crippen LogP contribution in [0, 0.1) is 0 Å². The first-order valence-electron chi connectivity index (χ1n) is 16.9. The molecule has 1 fully saturated rings. The van der Waals surface area contributed by atoms with Crippen molar-refractivity contribution in [1.82, 2.24) is 29.3 Å². The van der Waals surface area contributed by atoms with Crippen molar-refractivity contribution in [2.75, 3.05) is 0 Å². The molecule has 1 saturated carbocycles. The molecule has 0 saturated heterocycles. The van der Waals surface area contributed by atoms with Crippen molar-refractivity contribution in [3.8, 4) is 28.3 Å². The Balaban J connectivity index is 1.14. The van der Waals surface area contributed by atoms with Gasteiger partial charge in [-0.3, -0.25) is 18.9 Å². The third-order valence-corrected chi connectivity index (χ3v) is 9.45. The average Bonchev–Trinajstić information content (AvgIpc) is 3.77. The molecule has 6 aromatic rings. The van der Waals surface area contributed by atoms with Crippen LogP contribution in [0.25, 0.3) is 28.3 Å². The predicted molar refractivity (Wildman–Crippen MR) is 186 cm³/mol. The van der Waals surface area contributed by atoms with Gasteiger partial charge in [-0.2, -0.15) is 10.1 Å². The largest absolute Gasteiger partial charge is 0.490 e. The fourth-order valence-corrected chi connectivity index (χ4v) is 6.93. The minimum absolute atomic E-state index is 0.0140. The van der Waals surface area contributed by atoms with Gasteiger partial charge < -0.3 is 9.84 Å². The van der Waals surface area contributed by atoms with E-state index in [1.807, 2.05) is 81.9 Å². The Bertz CT molecular complexity index is 2180. The third-order valence-electron chi connectivity index (χ3n) is 9.45. The first-order valence-corrected chi connectivity index (χ1v) is 16.9. The van der Waals surface area contributed by atoms with Crippen LogP contribution in [-0.4, -0.2) is 40.5 Å². The Morgan fingerprint density at radius 3 is 2.33 bits per heavy atom. The molecule has 0 amide bonds. The fraction of sp³-hybridized carbons (Fsp3) is 0.342. The second-order valence-electron chi connectivity index (χ2n) is 13.3. The summed E-state index contributed by atoms with van der Waals surface area (Å²) in [4.78, 5) is 33.3. The van der Waals surface area contributed by atoms with Crippen molar-refractivity contribution < 1.29 is 14.4 Å². The number of nitrogens with one attached hydrogen (secondary N) is 1. The Hall–Kier alpha value is -5.29. The molecule has 0 unspecified atom stereocenters. The molecule has 2 N–H and O–H groups in total. The number of ether oxygens (including phenoxy) is 1. The lowest BCUT2D eigenvalue weighted by Gasteiger charge is -2.31. The Labute approximate surface area is 283 Å². The number of aromatic amines is 1. The quantitative estimate of drug-likeness (QED) is 0.176. The Kier molecular flexibility index (Phi) is 8.77. The van der Waals surface area contributed by atoms with Gasteiger partial charge in [-0.25, -0.2) is 9.31 Å². The van der Waals surface area contributed by atoms with Crippen molar-refractivity contribution in [2.24, 2.45) is 0 Å². The van der Waals surface area contributed by atoms with Gasteiger partial charge in [0, 0.05) is 23.6 Å². The van der Waals surface area contributed by atoms with E-state index in [0.29, 0.717) is 24.4 Å². The second-order valence-corrected chi connectivity index (χ2v) is 13.3. The topological polar surface area (TPSA) is 141 Å². The van der Waals surface area contributed by atoms with Crippen LogP contribution in [-0.2, 0) is 18.4 Å². The van der Waals surface area contributed by atoms with E-state index in [0.717, 1.165) is 76.9 Å². The summed E-state index contributed by atoms with van der Waals surface area (Å²) >= 11 is 0. The number of hydrogen-bond donors (Lipinski definition) is 2. The normalized spacial score (nSPS) is 16.7. The molecular formula is C38H40N6O5. The molecule has 0 radical (unpaired) electrons. The zero-order chi connectivity index (χ0) is 34.1. The van der Waals surface area contributed by atoms with Crippen LogP contribution in [0.1, 0.15) is 81.3 Å². The van der Waals surface area contributed by atoms with Gasteiger partial charge in [0.2, 0.25) is 5.78 Å². The summed E-state index contributed by atoms with van der Waals surface area (Å²) < 4.78 is 14.8. The van der Waals surface area contributed by atoms with Crippen LogP contribution < -0.4 is 16.1 Å². The van der Waals surface area contributed by atoms with Crippen LogP contribution >= 0.6 is 0 Å². The third kappa shape index (κ3) is 6.58. The number of benzene rings is 3. The number of nitrogens with zero attached hydrogens (tertiary/aromatic N) is 5. The summed E-state index contributed by atoms with van der Waals surface area (Å²) in [5, 5.41) is 18.7. The van der Waals surface area contributed by atoms with E-state index in [1.165, 1.54) is 6.33 Å². The molecule has 7 rings (SSSR count). The molecule has 3 aromatic carbocycles. The molecule has 11 nitrogen and oxygen atoms in total. The number of aromatic nitrogens is 6. The van der Waals surface area contributed by atoms with Crippen LogP contribution in [0.5, 0.6) is 5.75 Å². The maximum absolute atomic E-state index is 14.4. The zero-order valence-corrected chi connectivity index (χ0v) is 27.9. The molecule has 1 aliphatic carbocycles. The number of aliphatic hydroxyl groups is 1. The van der Waals surface area contributed by atoms with Gasteiger partial charge in [0.25, 0.3) is 5.56 Å². The second kappa shape index (κ2) is 13.3. The van der Waals surface area contributed by atoms with Crippen molar-refractivity contribution in [1.29, 1.82) is 0 Å². The van der Waals surface area contributed by atoms with Gasteiger partial charge in [-0.15, -0.1) is 0 Å². The fourth-order valence-electron chi connectivity index (χ4n) is 6.93. The average molecular weight is 661 g/mol. The summed E-state index contributed by atoms with van der Waals surface area (Å²) in [7, 11) is 0. The molecule has 0 spiro atoms. The summed E-state index contributed by atoms with van der Waals surface area (Å²) in [6.07, 6.45) is 6.79. The minimum atomic E-state index is -0.902. The monoisotopic (exact) mass is 660 g/mol. The van der Waals surface area contributed by atoms with Crippen LogP contribution in [0.2, 0.25) is 0 Å². The number of hydrogen-bond acceptors (Lipinski definition) is 8. The Morgan fingerprint density at radius 2 is 1.67 bits per heavy atom. The first-order chi connectivity index (χ1) is 23.7. The standard InChI is InChI=1S/C38H40N6O5/c1-4-7-33-32(22-24-10-12-25(13-11-24)30-8-5-6-9-31(30)34-41-37(46)49-42-34)35(45)43(36-39-23-40-44(33)36)27-16-20-29(21-17-27)48-28-18-14-26(15-19-28)38(2,3)47/h5-6,8-15,18-19,23,27,29,47H,4,7,16-17,20-22H2,1-3H3,(H,41,42,46)/t27-,29-. The van der Waals surface area contributed by atoms with Gasteiger partial charge in [0.1, 0.15) is 12.1 Å². The number of aryl methyl sites for hydroxylation is 1. The van der Waals surface area contributed by atoms with Crippen LogP contribution in [0.3, 0.4) is 0 Å². The highest BCUT2D eigenvalue weighted by molar-refractivity contribution is 5.80. The highest BCUT2D eigenvalue weighted by Crippen LogP contribution is 2.33. The van der Waals surface area contributed by atoms with Gasteiger partial charge in [-0.1, -0.05) is 79.2 Å². The highest BCUT2D eigenvalue weighted by atomic mass is 16.5. The first kappa shape index (κ1) is 32.3. The van der Waals surface area contributed by atoms with E-state index in [2.05, 4.69) is 27.1 Å². The molecule has 252 valence electrons. The van der Waals surface area contributed by atoms with Crippen LogP contribution in [0.4, 0.5) is 0 Å². The molecule has 49 heavy (non-hydrogen) atoms. The molecule has 3 aromatic heterocycles. The summed E-state index contributed by atoms with van der Waals surface area (Å²) in [5.74, 6) is 1.13. The molecular weight excluding hydrogens is 620 g/mol. The van der Waals surface area contributed by atoms with Gasteiger partial charge in [0.05, 0.1) is 17.4 Å². The molecule has 3 heterocycles. The van der Waals surface area contributed by atoms with Gasteiger partial charge >= 0.3 is 5.76 Å². The number of rotatable bonds is 10. The molecule has 1 aliphatic rings. The van der Waals surface area contributed by atoms with Crippen molar-refractivity contribution in [3.05, 3.63) is 122 Å². The zero-order valence-electron chi connectivity index (χ0n) is 27.9. The lowest BCUT2D eigenvalue weighted by atomic mass is 9.92. The van der Waals surface area contributed by atoms with E-state index < -0.39 is 11.4 Å². The van der Waals surface area contributed by atoms with Gasteiger partial charge in [0.15, 0.2) is 5.82 Å². The van der Waals surface area contributed by atoms with Crippen molar-refractivity contribution in [3.63, 3.8) is 0 Å². The van der Waals surface area contributed by atoms with Crippen molar-refractivity contribution in [2.45, 2.75) is 83.5 Å². The maximum atomic E-state index is 14.4. The van der Waals surface area contributed by atoms with E-state index in [1.54, 1.807) is 13.8 Å². The van der Waals surface area contributed by atoms with E-state index in [4.69, 9.17) is 9.26 Å². The van der Waals surface area contributed by atoms with E-state index in [9.17, 15) is 14.7 Å². The highest BCUT2D eigenvalue weighted by Gasteiger charge is 2.29. The van der Waals surface area contributed by atoms with Gasteiger partial charge in [-0.05, 0) is 80.3 Å². The molecule has 0 aliphatic heterocycles. The maximum Gasteiger partial charge on any atom is 0.439 e. The summed E-state index contributed by atoms with van der Waals surface area (Å²) in [6.45, 7) is 5.64. The Morgan fingerprint density at radius 1 is 0.959 bits per heavy atom. The lowest BCUT2D eigenvalue weighted by molar-refractivity contribution is 0.0784. The summed E-state index contributed by atoms with van der Waals surface area (Å²) in [6, 6.07) is 23.4. The van der Waals surface area contributed by atoms with E-state index >= 15 is 0 Å². The van der Waals surface area contributed by atoms with Crippen LogP contribution in [0.15, 0.2) is 93.2 Å². The molecule has 0 atom stereocenters. The SMILES string of the molecule is CCCc1c(Cc2ccc(-c3ccccc3-c3noc(=O)[nH]3)cc2)c(=O)n([C@H]2CC[C@H](Oc3ccc(C(C)(C)O)cc3)CC2)c2ncnn12. The number of H-pyrrole nitrogens is 1. The smallest absolute Gasteiger partial charge is 0.439 e. The minimum Gasteiger partial charge on any atom is -0.490 e. The number of fused-ring (bicyclic) bond motifs is 1. The lowest BCUT2D eigenvalue weighted by Crippen LogP contribution is -2.35. The predicted octanol–water partition coefficient (Wildman–Crippen LogP) is 6.23. The van der Waals surface area contributed by atoms with Crippen molar-refractivity contribution >= 4 is 5.78 Å². The molecule has 11 heteroatoms. The summed E-state index contributed by atoms with van der Waals surface area (Å²) in [5.41, 5.74) is 5.17. The molecule has 0 bridgehead atoms. The van der Waals surface area contributed by atoms with E-state index in [-0.39, 0.29) is 17.7 Å².